The Labute approximate surface area is 138 Å². The second-order valence-corrected chi connectivity index (χ2v) is 5.32. The molecule has 7 heteroatoms. The zero-order valence-electron chi connectivity index (χ0n) is 13.0. The number of hydrogen-bond donors (Lipinski definition) is 1. The fourth-order valence-corrected chi connectivity index (χ4v) is 2.70. The monoisotopic (exact) mass is 335 g/mol. The van der Waals surface area contributed by atoms with Crippen molar-refractivity contribution in [1.29, 1.82) is 0 Å². The van der Waals surface area contributed by atoms with Crippen LogP contribution in [0.15, 0.2) is 29.6 Å². The first-order valence-corrected chi connectivity index (χ1v) is 7.76. The standard InChI is InChI=1S/C16H17NO5S/c1-4-22-12-7-8-23-14(12)15(18)17-10-5-6-11(16(19)21-3)13(9-10)20-2/h5-9H,4H2,1-3H3,(H,17,18). The molecule has 6 nitrogen and oxygen atoms in total. The zero-order chi connectivity index (χ0) is 16.8. The lowest BCUT2D eigenvalue weighted by molar-refractivity contribution is 0.0597. The Hall–Kier alpha value is -2.54. The lowest BCUT2D eigenvalue weighted by Crippen LogP contribution is -2.12. The number of esters is 1. The number of hydrogen-bond acceptors (Lipinski definition) is 6. The summed E-state index contributed by atoms with van der Waals surface area (Å²) in [5.41, 5.74) is 0.800. The van der Waals surface area contributed by atoms with Crippen molar-refractivity contribution in [3.05, 3.63) is 40.1 Å². The number of ether oxygens (including phenoxy) is 3. The van der Waals surface area contributed by atoms with Gasteiger partial charge in [0.2, 0.25) is 0 Å². The first-order valence-electron chi connectivity index (χ1n) is 6.88. The quantitative estimate of drug-likeness (QED) is 0.821. The molecule has 0 unspecified atom stereocenters. The van der Waals surface area contributed by atoms with Crippen LogP contribution in [-0.4, -0.2) is 32.7 Å². The number of carbonyl (C=O) groups is 2. The maximum atomic E-state index is 12.3. The number of methoxy groups -OCH3 is 2. The van der Waals surface area contributed by atoms with Gasteiger partial charge < -0.3 is 19.5 Å². The topological polar surface area (TPSA) is 73.9 Å². The molecule has 0 saturated carbocycles. The number of amides is 1. The molecule has 1 heterocycles. The molecular formula is C16H17NO5S. The van der Waals surface area contributed by atoms with Gasteiger partial charge in [0.15, 0.2) is 0 Å². The van der Waals surface area contributed by atoms with Crippen LogP contribution < -0.4 is 14.8 Å². The fraction of sp³-hybridized carbons (Fsp3) is 0.250. The molecule has 0 aliphatic heterocycles. The van der Waals surface area contributed by atoms with E-state index in [9.17, 15) is 9.59 Å². The van der Waals surface area contributed by atoms with Gasteiger partial charge in [-0.15, -0.1) is 11.3 Å². The number of carbonyl (C=O) groups excluding carboxylic acids is 2. The molecule has 0 fully saturated rings. The van der Waals surface area contributed by atoms with E-state index < -0.39 is 5.97 Å². The van der Waals surface area contributed by atoms with Gasteiger partial charge >= 0.3 is 5.97 Å². The molecule has 122 valence electrons. The van der Waals surface area contributed by atoms with Crippen LogP contribution in [-0.2, 0) is 4.74 Å². The molecule has 0 aliphatic rings. The number of benzene rings is 1. The molecule has 0 radical (unpaired) electrons. The third-order valence-electron chi connectivity index (χ3n) is 3.00. The summed E-state index contributed by atoms with van der Waals surface area (Å²) in [6, 6.07) is 6.47. The van der Waals surface area contributed by atoms with E-state index in [2.05, 4.69) is 10.1 Å². The van der Waals surface area contributed by atoms with Gasteiger partial charge in [-0.05, 0) is 30.5 Å². The number of rotatable bonds is 6. The highest BCUT2D eigenvalue weighted by molar-refractivity contribution is 7.12. The lowest BCUT2D eigenvalue weighted by Gasteiger charge is -2.10. The Morgan fingerprint density at radius 1 is 1.17 bits per heavy atom. The van der Waals surface area contributed by atoms with Crippen molar-refractivity contribution in [2.45, 2.75) is 6.92 Å². The highest BCUT2D eigenvalue weighted by Crippen LogP contribution is 2.28. The molecule has 0 bridgehead atoms. The van der Waals surface area contributed by atoms with E-state index >= 15 is 0 Å². The van der Waals surface area contributed by atoms with Crippen LogP contribution in [0.5, 0.6) is 11.5 Å². The van der Waals surface area contributed by atoms with Crippen LogP contribution in [0.4, 0.5) is 5.69 Å². The van der Waals surface area contributed by atoms with Crippen LogP contribution in [0.2, 0.25) is 0 Å². The molecule has 0 saturated heterocycles. The van der Waals surface area contributed by atoms with E-state index in [1.54, 1.807) is 23.6 Å². The minimum absolute atomic E-state index is 0.281. The Morgan fingerprint density at radius 3 is 2.61 bits per heavy atom. The second kappa shape index (κ2) is 7.64. The molecule has 0 spiro atoms. The molecule has 2 aromatic rings. The molecule has 1 aromatic heterocycles. The molecule has 0 atom stereocenters. The van der Waals surface area contributed by atoms with Crippen molar-refractivity contribution < 1.29 is 23.8 Å². The highest BCUT2D eigenvalue weighted by Gasteiger charge is 2.17. The summed E-state index contributed by atoms with van der Waals surface area (Å²) >= 11 is 1.30. The molecule has 23 heavy (non-hydrogen) atoms. The third kappa shape index (κ3) is 3.81. The van der Waals surface area contributed by atoms with E-state index in [1.807, 2.05) is 6.92 Å². The molecule has 1 amide bonds. The fourth-order valence-electron chi connectivity index (χ4n) is 1.97. The van der Waals surface area contributed by atoms with Gasteiger partial charge in [0, 0.05) is 11.8 Å². The van der Waals surface area contributed by atoms with Crippen molar-refractivity contribution in [2.24, 2.45) is 0 Å². The van der Waals surface area contributed by atoms with Crippen LogP contribution in [0.3, 0.4) is 0 Å². The maximum Gasteiger partial charge on any atom is 0.341 e. The SMILES string of the molecule is CCOc1ccsc1C(=O)Nc1ccc(C(=O)OC)c(OC)c1. The number of nitrogens with one attached hydrogen (secondary N) is 1. The van der Waals surface area contributed by atoms with E-state index in [4.69, 9.17) is 9.47 Å². The molecule has 1 aromatic carbocycles. The van der Waals surface area contributed by atoms with Crippen molar-refractivity contribution in [3.8, 4) is 11.5 Å². The van der Waals surface area contributed by atoms with Gasteiger partial charge in [-0.3, -0.25) is 4.79 Å². The Bertz CT molecular complexity index is 710. The Kier molecular flexibility index (Phi) is 5.59. The van der Waals surface area contributed by atoms with Crippen LogP contribution in [0.1, 0.15) is 27.0 Å². The molecular weight excluding hydrogens is 318 g/mol. The van der Waals surface area contributed by atoms with Gasteiger partial charge in [-0.2, -0.15) is 0 Å². The summed E-state index contributed by atoms with van der Waals surface area (Å²) in [5, 5.41) is 4.55. The average Bonchev–Trinajstić information content (AvgIpc) is 3.02. The zero-order valence-corrected chi connectivity index (χ0v) is 13.9. The second-order valence-electron chi connectivity index (χ2n) is 4.41. The van der Waals surface area contributed by atoms with Crippen molar-refractivity contribution in [3.63, 3.8) is 0 Å². The van der Waals surface area contributed by atoms with E-state index in [0.717, 1.165) is 0 Å². The van der Waals surface area contributed by atoms with Crippen molar-refractivity contribution in [1.82, 2.24) is 0 Å². The summed E-state index contributed by atoms with van der Waals surface area (Å²) in [4.78, 5) is 24.4. The van der Waals surface area contributed by atoms with E-state index in [0.29, 0.717) is 34.2 Å². The predicted octanol–water partition coefficient (Wildman–Crippen LogP) is 3.19. The first kappa shape index (κ1) is 16.8. The third-order valence-corrected chi connectivity index (χ3v) is 3.89. The average molecular weight is 335 g/mol. The minimum atomic E-state index is -0.503. The predicted molar refractivity (Wildman–Crippen MR) is 87.8 cm³/mol. The summed E-state index contributed by atoms with van der Waals surface area (Å²) in [5.74, 6) is 0.0898. The number of anilines is 1. The van der Waals surface area contributed by atoms with Crippen LogP contribution in [0.25, 0.3) is 0 Å². The lowest BCUT2D eigenvalue weighted by atomic mass is 10.2. The minimum Gasteiger partial charge on any atom is -0.496 e. The van der Waals surface area contributed by atoms with Gasteiger partial charge in [-0.25, -0.2) is 4.79 Å². The molecule has 0 aliphatic carbocycles. The summed E-state index contributed by atoms with van der Waals surface area (Å²) in [6.45, 7) is 2.34. The van der Waals surface area contributed by atoms with Crippen LogP contribution >= 0.6 is 11.3 Å². The largest absolute Gasteiger partial charge is 0.496 e. The Balaban J connectivity index is 2.21. The molecule has 1 N–H and O–H groups in total. The van der Waals surface area contributed by atoms with Gasteiger partial charge in [0.1, 0.15) is 21.9 Å². The van der Waals surface area contributed by atoms with Gasteiger partial charge in [0.25, 0.3) is 5.91 Å². The summed E-state index contributed by atoms with van der Waals surface area (Å²) in [6.07, 6.45) is 0. The molecule has 2 rings (SSSR count). The van der Waals surface area contributed by atoms with E-state index in [-0.39, 0.29) is 5.91 Å². The Morgan fingerprint density at radius 2 is 1.96 bits per heavy atom. The normalized spacial score (nSPS) is 10.0. The summed E-state index contributed by atoms with van der Waals surface area (Å²) < 4.78 is 15.3. The van der Waals surface area contributed by atoms with E-state index in [1.165, 1.54) is 31.6 Å². The van der Waals surface area contributed by atoms with Crippen LogP contribution in [0, 0.1) is 0 Å². The first-order chi connectivity index (χ1) is 11.1. The van der Waals surface area contributed by atoms with Crippen molar-refractivity contribution >= 4 is 28.9 Å². The van der Waals surface area contributed by atoms with Gasteiger partial charge in [0.05, 0.1) is 20.8 Å². The van der Waals surface area contributed by atoms with Gasteiger partial charge in [-0.1, -0.05) is 0 Å². The van der Waals surface area contributed by atoms with Crippen molar-refractivity contribution in [2.75, 3.05) is 26.1 Å². The maximum absolute atomic E-state index is 12.3. The smallest absolute Gasteiger partial charge is 0.341 e. The summed E-state index contributed by atoms with van der Waals surface area (Å²) in [7, 11) is 2.74. The number of thiophene rings is 1. The highest BCUT2D eigenvalue weighted by atomic mass is 32.1.